The van der Waals surface area contributed by atoms with Gasteiger partial charge in [-0.15, -0.1) is 6.58 Å². The van der Waals surface area contributed by atoms with Gasteiger partial charge >= 0.3 is 6.09 Å². The monoisotopic (exact) mass is 779 g/mol. The van der Waals surface area contributed by atoms with Crippen LogP contribution in [0.5, 0.6) is 11.5 Å². The number of amides is 4. The molecule has 0 radical (unpaired) electrons. The van der Waals surface area contributed by atoms with Gasteiger partial charge in [-0.25, -0.2) is 18.2 Å². The molecule has 7 rings (SSSR count). The molecule has 3 aliphatic carbocycles. The van der Waals surface area contributed by atoms with E-state index in [-0.39, 0.29) is 25.3 Å². The fourth-order valence-corrected chi connectivity index (χ4v) is 9.52. The van der Waals surface area contributed by atoms with Crippen molar-refractivity contribution in [1.29, 1.82) is 0 Å². The van der Waals surface area contributed by atoms with Gasteiger partial charge in [0.2, 0.25) is 21.8 Å². The molecule has 2 aliphatic heterocycles. The summed E-state index contributed by atoms with van der Waals surface area (Å²) in [7, 11) is -2.30. The van der Waals surface area contributed by atoms with Crippen molar-refractivity contribution in [2.24, 2.45) is 17.3 Å². The fourth-order valence-electron chi connectivity index (χ4n) is 8.15. The Bertz CT molecular complexity index is 2010. The number of aromatic nitrogens is 1. The van der Waals surface area contributed by atoms with Crippen LogP contribution in [0, 0.1) is 17.3 Å². The minimum atomic E-state index is -3.90. The number of nitrogens with one attached hydrogen (secondary N) is 3. The van der Waals surface area contributed by atoms with Crippen LogP contribution in [0.3, 0.4) is 0 Å². The van der Waals surface area contributed by atoms with E-state index in [4.69, 9.17) is 19.2 Å². The lowest BCUT2D eigenvalue weighted by Gasteiger charge is -2.35. The lowest BCUT2D eigenvalue weighted by molar-refractivity contribution is -0.143. The number of ether oxygens (including phenoxy) is 3. The summed E-state index contributed by atoms with van der Waals surface area (Å²) in [6, 6.07) is 5.35. The van der Waals surface area contributed by atoms with Crippen molar-refractivity contribution in [2.75, 3.05) is 13.7 Å². The Kier molecular flexibility index (Phi) is 10.1. The van der Waals surface area contributed by atoms with Crippen LogP contribution >= 0.6 is 0 Å². The van der Waals surface area contributed by atoms with Crippen LogP contribution in [0.1, 0.15) is 91.2 Å². The van der Waals surface area contributed by atoms with Crippen LogP contribution in [-0.2, 0) is 35.6 Å². The second-order valence-electron chi connectivity index (χ2n) is 17.3. The largest absolute Gasteiger partial charge is 0.497 e. The maximum absolute atomic E-state index is 14.7. The zero-order valence-electron chi connectivity index (χ0n) is 32.3. The fraction of sp³-hybridized carbons (Fsp3) is 0.625. The first-order valence-corrected chi connectivity index (χ1v) is 21.0. The Labute approximate surface area is 322 Å². The zero-order valence-corrected chi connectivity index (χ0v) is 33.1. The number of benzene rings is 1. The van der Waals surface area contributed by atoms with E-state index in [1.165, 1.54) is 11.0 Å². The highest BCUT2D eigenvalue weighted by molar-refractivity contribution is 7.91. The van der Waals surface area contributed by atoms with E-state index in [0.717, 1.165) is 48.7 Å². The third kappa shape index (κ3) is 7.99. The second kappa shape index (κ2) is 14.3. The van der Waals surface area contributed by atoms with Crippen molar-refractivity contribution < 1.29 is 41.8 Å². The summed E-state index contributed by atoms with van der Waals surface area (Å²) in [6.07, 6.45) is 6.35. The molecule has 4 amide bonds. The summed E-state index contributed by atoms with van der Waals surface area (Å²) in [4.78, 5) is 62.5. The Morgan fingerprint density at radius 3 is 2.55 bits per heavy atom. The van der Waals surface area contributed by atoms with Crippen molar-refractivity contribution in [2.45, 2.75) is 126 Å². The number of methoxy groups -OCH3 is 1. The smallest absolute Gasteiger partial charge is 0.408 e. The summed E-state index contributed by atoms with van der Waals surface area (Å²) >= 11 is 0. The average Bonchev–Trinajstić information content (AvgIpc) is 4.07. The lowest BCUT2D eigenvalue weighted by atomic mass is 9.85. The highest BCUT2D eigenvalue weighted by Crippen LogP contribution is 2.50. The number of sulfonamides is 1. The van der Waals surface area contributed by atoms with Gasteiger partial charge in [0.25, 0.3) is 5.91 Å². The molecule has 2 aromatic rings. The van der Waals surface area contributed by atoms with Gasteiger partial charge in [0.15, 0.2) is 0 Å². The SMILES string of the molecule is C=C[C@@H]1C[C@]1(NC(=O)C1CC2CN1C(=O)C(C(C)(C)C)NC(=O)OC1(C)CC1CCCCCc1nc3ccc(OC)cc3cc1O2)C(=O)NS(=O)(=O)C1CC1. The summed E-state index contributed by atoms with van der Waals surface area (Å²) in [6.45, 7) is 11.2. The molecule has 14 nitrogen and oxygen atoms in total. The van der Waals surface area contributed by atoms with E-state index in [9.17, 15) is 27.6 Å². The molecular formula is C40H53N5O9S. The lowest BCUT2D eigenvalue weighted by Crippen LogP contribution is -2.60. The summed E-state index contributed by atoms with van der Waals surface area (Å²) < 4.78 is 45.8. The molecule has 4 fully saturated rings. The molecule has 5 aliphatic rings. The maximum Gasteiger partial charge on any atom is 0.408 e. The molecule has 5 unspecified atom stereocenters. The summed E-state index contributed by atoms with van der Waals surface area (Å²) in [5, 5.41) is 5.83. The number of rotatable bonds is 7. The van der Waals surface area contributed by atoms with E-state index in [0.29, 0.717) is 30.8 Å². The minimum absolute atomic E-state index is 0.00422. The second-order valence-corrected chi connectivity index (χ2v) is 19.3. The molecule has 1 aromatic carbocycles. The first-order chi connectivity index (χ1) is 26.0. The van der Waals surface area contributed by atoms with E-state index < -0.39 is 79.7 Å². The third-order valence-corrected chi connectivity index (χ3v) is 13.8. The number of pyridine rings is 1. The molecule has 1 aromatic heterocycles. The third-order valence-electron chi connectivity index (χ3n) is 12.0. The highest BCUT2D eigenvalue weighted by atomic mass is 32.2. The number of fused-ring (bicyclic) bond motifs is 5. The minimum Gasteiger partial charge on any atom is -0.497 e. The van der Waals surface area contributed by atoms with Crippen LogP contribution in [0.4, 0.5) is 4.79 Å². The molecule has 1 saturated heterocycles. The molecule has 15 heteroatoms. The molecule has 3 saturated carbocycles. The van der Waals surface area contributed by atoms with E-state index in [1.54, 1.807) is 7.11 Å². The van der Waals surface area contributed by atoms with Crippen LogP contribution in [0.25, 0.3) is 10.9 Å². The number of carbonyl (C=O) groups excluding carboxylic acids is 4. The predicted octanol–water partition coefficient (Wildman–Crippen LogP) is 4.30. The van der Waals surface area contributed by atoms with Crippen molar-refractivity contribution >= 4 is 44.7 Å². The molecule has 7 atom stereocenters. The van der Waals surface area contributed by atoms with Gasteiger partial charge in [-0.2, -0.15) is 0 Å². The molecule has 55 heavy (non-hydrogen) atoms. The molecular weight excluding hydrogens is 727 g/mol. The molecule has 3 heterocycles. The van der Waals surface area contributed by atoms with Gasteiger partial charge in [-0.1, -0.05) is 39.7 Å². The Morgan fingerprint density at radius 1 is 1.11 bits per heavy atom. The predicted molar refractivity (Wildman–Crippen MR) is 204 cm³/mol. The van der Waals surface area contributed by atoms with Gasteiger partial charge in [0.1, 0.15) is 40.8 Å². The number of hydrogen-bond donors (Lipinski definition) is 3. The van der Waals surface area contributed by atoms with Crippen molar-refractivity contribution in [3.05, 3.63) is 42.6 Å². The maximum atomic E-state index is 14.7. The van der Waals surface area contributed by atoms with Crippen LogP contribution in [-0.4, -0.2) is 90.3 Å². The van der Waals surface area contributed by atoms with Gasteiger partial charge in [0, 0.05) is 23.6 Å². The Hall–Kier alpha value is -4.40. The molecule has 298 valence electrons. The van der Waals surface area contributed by atoms with Gasteiger partial charge < -0.3 is 29.7 Å². The van der Waals surface area contributed by atoms with Crippen molar-refractivity contribution in [1.82, 2.24) is 25.2 Å². The van der Waals surface area contributed by atoms with Crippen molar-refractivity contribution in [3.8, 4) is 11.5 Å². The molecule has 0 spiro atoms. The van der Waals surface area contributed by atoms with Crippen molar-refractivity contribution in [3.63, 3.8) is 0 Å². The molecule has 3 N–H and O–H groups in total. The highest BCUT2D eigenvalue weighted by Gasteiger charge is 2.62. The Balaban J connectivity index is 1.22. The first-order valence-electron chi connectivity index (χ1n) is 19.4. The number of hydrogen-bond acceptors (Lipinski definition) is 10. The van der Waals surface area contributed by atoms with Crippen LogP contribution in [0.15, 0.2) is 36.9 Å². The average molecular weight is 780 g/mol. The quantitative estimate of drug-likeness (QED) is 0.343. The summed E-state index contributed by atoms with van der Waals surface area (Å²) in [5.74, 6) is -1.08. The van der Waals surface area contributed by atoms with Crippen LogP contribution < -0.4 is 24.8 Å². The van der Waals surface area contributed by atoms with Crippen LogP contribution in [0.2, 0.25) is 0 Å². The number of carbonyl (C=O) groups is 4. The zero-order chi connectivity index (χ0) is 39.5. The van der Waals surface area contributed by atoms with Gasteiger partial charge in [0.05, 0.1) is 30.1 Å². The van der Waals surface area contributed by atoms with E-state index in [2.05, 4.69) is 21.9 Å². The van der Waals surface area contributed by atoms with Gasteiger partial charge in [-0.3, -0.25) is 19.1 Å². The van der Waals surface area contributed by atoms with E-state index in [1.807, 2.05) is 52.0 Å². The number of alkyl carbamates (subject to hydrolysis) is 1. The number of aryl methyl sites for hydroxylation is 1. The summed E-state index contributed by atoms with van der Waals surface area (Å²) in [5.41, 5.74) is -1.41. The normalized spacial score (nSPS) is 31.3. The van der Waals surface area contributed by atoms with Gasteiger partial charge in [-0.05, 0) is 81.5 Å². The van der Waals surface area contributed by atoms with E-state index >= 15 is 0 Å². The standard InChI is InChI=1S/C40H53N5O9S/c1-7-24-21-40(24,36(48)44-55(50,51)28-14-15-28)43-34(46)31-19-27-22-45(31)35(47)33(38(2,3)4)42-37(49)54-39(5)20-25(39)11-9-8-10-12-30-32(53-27)18-23-17-26(52-6)13-16-29(23)41-30/h7,13,16-18,24-25,27-28,31,33H,1,8-12,14-15,19-22H2,2-6H3,(H,42,49)(H,43,46)(H,44,48)/t24-,25?,27?,31?,33?,39?,40-/m1/s1. The molecule has 2 bridgehead atoms. The topological polar surface area (TPSA) is 182 Å². The first kappa shape index (κ1) is 38.9. The number of nitrogens with zero attached hydrogens (tertiary/aromatic N) is 2. The Morgan fingerprint density at radius 2 is 1.87 bits per heavy atom.